The van der Waals surface area contributed by atoms with Crippen LogP contribution in [0.25, 0.3) is 0 Å². The van der Waals surface area contributed by atoms with E-state index in [1.165, 1.54) is 0 Å². The molecule has 28 heavy (non-hydrogen) atoms. The van der Waals surface area contributed by atoms with Crippen LogP contribution in [-0.4, -0.2) is 71.1 Å². The zero-order valence-corrected chi connectivity index (χ0v) is 16.0. The second-order valence-electron chi connectivity index (χ2n) is 6.99. The molecule has 0 aliphatic carbocycles. The third kappa shape index (κ3) is 7.91. The van der Waals surface area contributed by atoms with Crippen molar-refractivity contribution >= 4 is 29.7 Å². The Kier molecular flexibility index (Phi) is 9.36. The Morgan fingerprint density at radius 1 is 1.11 bits per heavy atom. The van der Waals surface area contributed by atoms with E-state index in [0.29, 0.717) is 13.0 Å². The standard InChI is InChI=1S/C17H28N4O7/c1-9(2)14(17(27)28)21-12(22)8-19-15(25)11(5-6-13(23)24)20-16(26)10-4-3-7-18-10/h9-11,14,18H,3-8H2,1-2H3,(H,19,25)(H,20,26)(H,21,22)(H,23,24)(H,27,28). The fraction of sp³-hybridized carbons (Fsp3) is 0.706. The average molecular weight is 400 g/mol. The first-order valence-corrected chi connectivity index (χ1v) is 9.17. The first-order chi connectivity index (χ1) is 13.1. The summed E-state index contributed by atoms with van der Waals surface area (Å²) in [5.74, 6) is -4.47. The number of nitrogens with one attached hydrogen (secondary N) is 4. The summed E-state index contributed by atoms with van der Waals surface area (Å²) in [6.07, 6.45) is 0.972. The minimum Gasteiger partial charge on any atom is -0.481 e. The first-order valence-electron chi connectivity index (χ1n) is 9.17. The van der Waals surface area contributed by atoms with Gasteiger partial charge in [-0.2, -0.15) is 0 Å². The summed E-state index contributed by atoms with van der Waals surface area (Å²) in [5.41, 5.74) is 0. The molecule has 1 aliphatic rings. The highest BCUT2D eigenvalue weighted by Gasteiger charge is 2.28. The van der Waals surface area contributed by atoms with Gasteiger partial charge in [0, 0.05) is 6.42 Å². The van der Waals surface area contributed by atoms with E-state index >= 15 is 0 Å². The van der Waals surface area contributed by atoms with Crippen LogP contribution in [0.3, 0.4) is 0 Å². The van der Waals surface area contributed by atoms with E-state index in [2.05, 4.69) is 21.3 Å². The Balaban J connectivity index is 2.61. The molecule has 1 fully saturated rings. The lowest BCUT2D eigenvalue weighted by Gasteiger charge is -2.21. The van der Waals surface area contributed by atoms with Gasteiger partial charge >= 0.3 is 11.9 Å². The molecule has 1 aliphatic heterocycles. The minimum atomic E-state index is -1.19. The van der Waals surface area contributed by atoms with Crippen molar-refractivity contribution in [1.82, 2.24) is 21.3 Å². The van der Waals surface area contributed by atoms with Gasteiger partial charge in [0.15, 0.2) is 0 Å². The first kappa shape index (κ1) is 23.3. The molecule has 0 spiro atoms. The SMILES string of the molecule is CC(C)C(NC(=O)CNC(=O)C(CCC(=O)O)NC(=O)C1CCCN1)C(=O)O. The number of hydrogen-bond acceptors (Lipinski definition) is 6. The van der Waals surface area contributed by atoms with Crippen molar-refractivity contribution in [2.75, 3.05) is 13.1 Å². The summed E-state index contributed by atoms with van der Waals surface area (Å²) in [4.78, 5) is 58.3. The smallest absolute Gasteiger partial charge is 0.326 e. The van der Waals surface area contributed by atoms with E-state index in [1.807, 2.05) is 0 Å². The summed E-state index contributed by atoms with van der Waals surface area (Å²) < 4.78 is 0. The summed E-state index contributed by atoms with van der Waals surface area (Å²) in [6, 6.07) is -2.65. The lowest BCUT2D eigenvalue weighted by atomic mass is 10.0. The normalized spacial score (nSPS) is 18.2. The number of rotatable bonds is 11. The van der Waals surface area contributed by atoms with Crippen molar-refractivity contribution in [3.05, 3.63) is 0 Å². The zero-order valence-electron chi connectivity index (χ0n) is 16.0. The van der Waals surface area contributed by atoms with E-state index in [-0.39, 0.29) is 18.8 Å². The average Bonchev–Trinajstić information content (AvgIpc) is 3.14. The molecule has 3 amide bonds. The molecule has 0 bridgehead atoms. The molecule has 3 atom stereocenters. The molecular weight excluding hydrogens is 372 g/mol. The Hall–Kier alpha value is -2.69. The van der Waals surface area contributed by atoms with E-state index in [9.17, 15) is 24.0 Å². The third-order valence-corrected chi connectivity index (χ3v) is 4.33. The Morgan fingerprint density at radius 2 is 1.79 bits per heavy atom. The second kappa shape index (κ2) is 11.2. The van der Waals surface area contributed by atoms with Crippen LogP contribution >= 0.6 is 0 Å². The van der Waals surface area contributed by atoms with Gasteiger partial charge in [0.2, 0.25) is 17.7 Å². The van der Waals surface area contributed by atoms with Gasteiger partial charge in [0.05, 0.1) is 12.6 Å². The van der Waals surface area contributed by atoms with Crippen molar-refractivity contribution in [2.45, 2.75) is 57.7 Å². The summed E-state index contributed by atoms with van der Waals surface area (Å²) in [6.45, 7) is 3.46. The highest BCUT2D eigenvalue weighted by molar-refractivity contribution is 5.93. The van der Waals surface area contributed by atoms with Gasteiger partial charge in [0.25, 0.3) is 0 Å². The number of carbonyl (C=O) groups excluding carboxylic acids is 3. The maximum Gasteiger partial charge on any atom is 0.326 e. The van der Waals surface area contributed by atoms with Gasteiger partial charge in [-0.3, -0.25) is 19.2 Å². The van der Waals surface area contributed by atoms with Crippen LogP contribution in [0.5, 0.6) is 0 Å². The van der Waals surface area contributed by atoms with Crippen molar-refractivity contribution in [3.8, 4) is 0 Å². The van der Waals surface area contributed by atoms with Crippen LogP contribution in [0, 0.1) is 5.92 Å². The van der Waals surface area contributed by atoms with Crippen LogP contribution in [0.15, 0.2) is 0 Å². The number of carboxylic acid groups (broad SMARTS) is 2. The number of hydrogen-bond donors (Lipinski definition) is 6. The van der Waals surface area contributed by atoms with Crippen molar-refractivity contribution in [3.63, 3.8) is 0 Å². The van der Waals surface area contributed by atoms with Gasteiger partial charge in [-0.05, 0) is 31.7 Å². The molecule has 1 saturated heterocycles. The van der Waals surface area contributed by atoms with E-state index in [4.69, 9.17) is 10.2 Å². The van der Waals surface area contributed by atoms with E-state index in [0.717, 1.165) is 6.42 Å². The van der Waals surface area contributed by atoms with Crippen molar-refractivity contribution in [1.29, 1.82) is 0 Å². The van der Waals surface area contributed by atoms with Gasteiger partial charge in [-0.25, -0.2) is 4.79 Å². The minimum absolute atomic E-state index is 0.134. The van der Waals surface area contributed by atoms with Crippen LogP contribution in [0.2, 0.25) is 0 Å². The Bertz CT molecular complexity index is 602. The molecule has 0 aromatic carbocycles. The van der Waals surface area contributed by atoms with E-state index in [1.54, 1.807) is 13.8 Å². The fourth-order valence-electron chi connectivity index (χ4n) is 2.75. The Labute approximate surface area is 162 Å². The van der Waals surface area contributed by atoms with Crippen LogP contribution in [0.4, 0.5) is 0 Å². The van der Waals surface area contributed by atoms with Crippen LogP contribution in [-0.2, 0) is 24.0 Å². The zero-order chi connectivity index (χ0) is 21.3. The summed E-state index contributed by atoms with van der Waals surface area (Å²) in [5, 5.41) is 28.0. The monoisotopic (exact) mass is 400 g/mol. The highest BCUT2D eigenvalue weighted by Crippen LogP contribution is 2.07. The molecule has 158 valence electrons. The third-order valence-electron chi connectivity index (χ3n) is 4.33. The highest BCUT2D eigenvalue weighted by atomic mass is 16.4. The number of carboxylic acids is 2. The van der Waals surface area contributed by atoms with Gasteiger partial charge in [0.1, 0.15) is 12.1 Å². The molecule has 1 heterocycles. The van der Waals surface area contributed by atoms with Gasteiger partial charge in [-0.15, -0.1) is 0 Å². The lowest BCUT2D eigenvalue weighted by Crippen LogP contribution is -2.53. The number of aliphatic carboxylic acids is 2. The maximum atomic E-state index is 12.3. The molecule has 6 N–H and O–H groups in total. The topological polar surface area (TPSA) is 174 Å². The second-order valence-corrected chi connectivity index (χ2v) is 6.99. The Morgan fingerprint density at radius 3 is 2.29 bits per heavy atom. The van der Waals surface area contributed by atoms with Crippen molar-refractivity contribution in [2.24, 2.45) is 5.92 Å². The molecule has 0 aromatic heterocycles. The van der Waals surface area contributed by atoms with Gasteiger partial charge < -0.3 is 31.5 Å². The number of carbonyl (C=O) groups is 5. The molecular formula is C17H28N4O7. The van der Waals surface area contributed by atoms with Gasteiger partial charge in [-0.1, -0.05) is 13.8 Å². The predicted molar refractivity (Wildman–Crippen MR) is 97.2 cm³/mol. The summed E-state index contributed by atoms with van der Waals surface area (Å²) >= 11 is 0. The molecule has 0 aromatic rings. The maximum absolute atomic E-state index is 12.3. The van der Waals surface area contributed by atoms with Crippen LogP contribution < -0.4 is 21.3 Å². The largest absolute Gasteiger partial charge is 0.481 e. The van der Waals surface area contributed by atoms with E-state index < -0.39 is 54.3 Å². The fourth-order valence-corrected chi connectivity index (χ4v) is 2.75. The molecule has 0 saturated carbocycles. The van der Waals surface area contributed by atoms with Crippen LogP contribution in [0.1, 0.15) is 39.5 Å². The molecule has 11 heteroatoms. The quantitative estimate of drug-likeness (QED) is 0.241. The lowest BCUT2D eigenvalue weighted by molar-refractivity contribution is -0.143. The molecule has 3 unspecified atom stereocenters. The molecule has 0 radical (unpaired) electrons. The number of amides is 3. The molecule has 1 rings (SSSR count). The molecule has 11 nitrogen and oxygen atoms in total. The summed E-state index contributed by atoms with van der Waals surface area (Å²) in [7, 11) is 0. The van der Waals surface area contributed by atoms with Crippen molar-refractivity contribution < 1.29 is 34.2 Å². The predicted octanol–water partition coefficient (Wildman–Crippen LogP) is -1.57.